The largest absolute Gasteiger partial charge is 0.434 e. The maximum Gasteiger partial charge on any atom is 0.240 e. The molecule has 0 aliphatic carbocycles. The molecule has 0 fully saturated rings. The molecule has 94 valence electrons. The molecular weight excluding hydrogens is 310 g/mol. The van der Waals surface area contributed by atoms with Gasteiger partial charge in [-0.15, -0.1) is 0 Å². The Labute approximate surface area is 109 Å². The van der Waals surface area contributed by atoms with Gasteiger partial charge in [0.15, 0.2) is 11.6 Å². The highest BCUT2D eigenvalue weighted by Gasteiger charge is 2.13. The van der Waals surface area contributed by atoms with E-state index in [4.69, 9.17) is 10.6 Å². The predicted molar refractivity (Wildman–Crippen MR) is 64.0 cm³/mol. The zero-order valence-corrected chi connectivity index (χ0v) is 10.4. The number of benzene rings is 1. The van der Waals surface area contributed by atoms with Crippen LogP contribution in [-0.2, 0) is 0 Å². The highest BCUT2D eigenvalue weighted by atomic mass is 79.9. The van der Waals surface area contributed by atoms with Crippen LogP contribution in [0.15, 0.2) is 28.9 Å². The average molecular weight is 317 g/mol. The molecule has 1 heterocycles. The molecule has 0 bridgehead atoms. The van der Waals surface area contributed by atoms with Gasteiger partial charge in [-0.3, -0.25) is 5.43 Å². The molecule has 2 rings (SSSR count). The van der Waals surface area contributed by atoms with Gasteiger partial charge in [-0.05, 0) is 28.1 Å². The molecule has 0 amide bonds. The first-order valence-corrected chi connectivity index (χ1v) is 5.52. The van der Waals surface area contributed by atoms with Crippen LogP contribution in [0.5, 0.6) is 11.6 Å². The summed E-state index contributed by atoms with van der Waals surface area (Å²) in [5.74, 6) is 2.86. The van der Waals surface area contributed by atoms with Crippen molar-refractivity contribution in [1.82, 2.24) is 9.97 Å². The lowest BCUT2D eigenvalue weighted by Gasteiger charge is -2.08. The Balaban J connectivity index is 2.36. The van der Waals surface area contributed by atoms with Crippen LogP contribution < -0.4 is 16.0 Å². The molecule has 8 heteroatoms. The first-order chi connectivity index (χ1) is 8.61. The summed E-state index contributed by atoms with van der Waals surface area (Å²) >= 11 is 3.13. The number of nitrogen functional groups attached to an aromatic ring is 1. The highest BCUT2D eigenvalue weighted by molar-refractivity contribution is 9.10. The Morgan fingerprint density at radius 1 is 1.33 bits per heavy atom. The highest BCUT2D eigenvalue weighted by Crippen LogP contribution is 2.30. The van der Waals surface area contributed by atoms with Gasteiger partial charge in [0.1, 0.15) is 0 Å². The van der Waals surface area contributed by atoms with E-state index in [1.165, 1.54) is 18.3 Å². The average Bonchev–Trinajstić information content (AvgIpc) is 2.37. The Hall–Kier alpha value is -1.80. The third kappa shape index (κ3) is 2.54. The molecule has 0 spiro atoms. The van der Waals surface area contributed by atoms with Crippen molar-refractivity contribution in [3.63, 3.8) is 0 Å². The Morgan fingerprint density at radius 2 is 2.11 bits per heavy atom. The lowest BCUT2D eigenvalue weighted by atomic mass is 10.3. The minimum Gasteiger partial charge on any atom is -0.434 e. The number of hydrogen-bond acceptors (Lipinski definition) is 5. The van der Waals surface area contributed by atoms with Crippen LogP contribution >= 0.6 is 15.9 Å². The fourth-order valence-corrected chi connectivity index (χ4v) is 1.43. The second-order valence-electron chi connectivity index (χ2n) is 3.15. The van der Waals surface area contributed by atoms with Crippen LogP contribution in [0.2, 0.25) is 0 Å². The summed E-state index contributed by atoms with van der Waals surface area (Å²) in [5.41, 5.74) is 2.22. The molecule has 0 saturated heterocycles. The number of hydrogen-bond donors (Lipinski definition) is 2. The molecule has 1 aromatic carbocycles. The van der Waals surface area contributed by atoms with E-state index in [2.05, 4.69) is 31.3 Å². The lowest BCUT2D eigenvalue weighted by Crippen LogP contribution is -2.10. The van der Waals surface area contributed by atoms with Crippen LogP contribution in [0, 0.1) is 11.6 Å². The van der Waals surface area contributed by atoms with E-state index >= 15 is 0 Å². The summed E-state index contributed by atoms with van der Waals surface area (Å²) in [4.78, 5) is 7.65. The molecule has 0 aliphatic heterocycles. The van der Waals surface area contributed by atoms with Crippen molar-refractivity contribution in [2.75, 3.05) is 5.43 Å². The number of nitrogens with two attached hydrogens (primary N) is 1. The smallest absolute Gasteiger partial charge is 0.240 e. The zero-order chi connectivity index (χ0) is 13.1. The monoisotopic (exact) mass is 316 g/mol. The normalized spacial score (nSPS) is 10.2. The number of rotatable bonds is 3. The molecule has 0 aliphatic rings. The number of halogens is 3. The number of nitrogens with zero attached hydrogens (tertiary/aromatic N) is 2. The quantitative estimate of drug-likeness (QED) is 0.672. The van der Waals surface area contributed by atoms with Crippen molar-refractivity contribution in [3.8, 4) is 11.6 Å². The maximum atomic E-state index is 13.4. The number of nitrogens with one attached hydrogen (secondary N) is 1. The first kappa shape index (κ1) is 12.7. The molecule has 0 unspecified atom stereocenters. The molecule has 18 heavy (non-hydrogen) atoms. The zero-order valence-electron chi connectivity index (χ0n) is 8.82. The van der Waals surface area contributed by atoms with Gasteiger partial charge in [0.05, 0.1) is 10.7 Å². The van der Waals surface area contributed by atoms with E-state index in [1.807, 2.05) is 0 Å². The van der Waals surface area contributed by atoms with Crippen LogP contribution in [0.25, 0.3) is 0 Å². The van der Waals surface area contributed by atoms with E-state index in [-0.39, 0.29) is 17.6 Å². The third-order valence-electron chi connectivity index (χ3n) is 1.96. The summed E-state index contributed by atoms with van der Waals surface area (Å²) in [7, 11) is 0. The van der Waals surface area contributed by atoms with Gasteiger partial charge >= 0.3 is 0 Å². The van der Waals surface area contributed by atoms with Gasteiger partial charge in [-0.1, -0.05) is 6.07 Å². The fraction of sp³-hybridized carbons (Fsp3) is 0. The molecular formula is C10H7BrF2N4O. The van der Waals surface area contributed by atoms with Crippen molar-refractivity contribution >= 4 is 21.9 Å². The van der Waals surface area contributed by atoms with Crippen molar-refractivity contribution < 1.29 is 13.5 Å². The molecule has 0 radical (unpaired) electrons. The van der Waals surface area contributed by atoms with E-state index in [0.29, 0.717) is 4.47 Å². The van der Waals surface area contributed by atoms with Gasteiger partial charge in [0.2, 0.25) is 17.6 Å². The van der Waals surface area contributed by atoms with Crippen LogP contribution in [0.4, 0.5) is 14.7 Å². The number of aromatic nitrogens is 2. The Kier molecular flexibility index (Phi) is 3.68. The number of ether oxygens (including phenoxy) is 1. The van der Waals surface area contributed by atoms with Crippen LogP contribution in [-0.4, -0.2) is 9.97 Å². The van der Waals surface area contributed by atoms with Gasteiger partial charge < -0.3 is 4.74 Å². The molecule has 1 aromatic heterocycles. The summed E-state index contributed by atoms with van der Waals surface area (Å²) in [6.45, 7) is 0. The Bertz CT molecular complexity index is 582. The summed E-state index contributed by atoms with van der Waals surface area (Å²) in [5, 5.41) is 0. The molecule has 0 atom stereocenters. The van der Waals surface area contributed by atoms with Crippen LogP contribution in [0.3, 0.4) is 0 Å². The third-order valence-corrected chi connectivity index (χ3v) is 2.51. The van der Waals surface area contributed by atoms with Crippen molar-refractivity contribution in [3.05, 3.63) is 40.5 Å². The van der Waals surface area contributed by atoms with E-state index in [9.17, 15) is 8.78 Å². The second-order valence-corrected chi connectivity index (χ2v) is 4.00. The number of hydrazine groups is 1. The van der Waals surface area contributed by atoms with Crippen molar-refractivity contribution in [2.24, 2.45) is 5.84 Å². The topological polar surface area (TPSA) is 73.1 Å². The van der Waals surface area contributed by atoms with E-state index < -0.39 is 11.6 Å². The van der Waals surface area contributed by atoms with Gasteiger partial charge in [-0.25, -0.2) is 15.2 Å². The minimum atomic E-state index is -1.09. The van der Waals surface area contributed by atoms with Crippen molar-refractivity contribution in [2.45, 2.75) is 0 Å². The van der Waals surface area contributed by atoms with Gasteiger partial charge in [0.25, 0.3) is 0 Å². The Morgan fingerprint density at radius 3 is 2.83 bits per heavy atom. The van der Waals surface area contributed by atoms with Gasteiger partial charge in [0, 0.05) is 0 Å². The maximum absolute atomic E-state index is 13.4. The minimum absolute atomic E-state index is 0.0162. The summed E-state index contributed by atoms with van der Waals surface area (Å²) in [6.07, 6.45) is 1.37. The molecule has 5 nitrogen and oxygen atoms in total. The second kappa shape index (κ2) is 5.23. The lowest BCUT2D eigenvalue weighted by molar-refractivity contribution is 0.403. The standard InChI is InChI=1S/C10H7BrF2N4O/c11-5-4-15-10(17-14)16-9(5)18-7-3-1-2-6(12)8(7)13/h1-4H,14H2,(H,15,16,17). The SMILES string of the molecule is NNc1ncc(Br)c(Oc2cccc(F)c2F)n1. The fourth-order valence-electron chi connectivity index (χ4n) is 1.16. The number of anilines is 1. The molecule has 2 aromatic rings. The van der Waals surface area contributed by atoms with Crippen LogP contribution in [0.1, 0.15) is 0 Å². The summed E-state index contributed by atoms with van der Waals surface area (Å²) in [6, 6.07) is 3.59. The van der Waals surface area contributed by atoms with Gasteiger partial charge in [-0.2, -0.15) is 9.37 Å². The molecule has 3 N–H and O–H groups in total. The summed E-state index contributed by atoms with van der Waals surface area (Å²) < 4.78 is 31.9. The first-order valence-electron chi connectivity index (χ1n) is 4.73. The van der Waals surface area contributed by atoms with Crippen molar-refractivity contribution in [1.29, 1.82) is 0 Å². The predicted octanol–water partition coefficient (Wildman–Crippen LogP) is 2.60. The van der Waals surface area contributed by atoms with E-state index in [0.717, 1.165) is 6.07 Å². The molecule has 0 saturated carbocycles. The van der Waals surface area contributed by atoms with E-state index in [1.54, 1.807) is 0 Å².